The summed E-state index contributed by atoms with van der Waals surface area (Å²) in [6.45, 7) is 3.13. The number of aryl methyl sites for hydroxylation is 1. The third kappa shape index (κ3) is 5.73. The molecule has 10 heteroatoms. The summed E-state index contributed by atoms with van der Waals surface area (Å²) in [6.07, 6.45) is 4.08. The van der Waals surface area contributed by atoms with E-state index >= 15 is 0 Å². The van der Waals surface area contributed by atoms with Crippen molar-refractivity contribution in [3.63, 3.8) is 0 Å². The smallest absolute Gasteiger partial charge is 0.343 e. The van der Waals surface area contributed by atoms with Crippen molar-refractivity contribution >= 4 is 52.7 Å². The maximum atomic E-state index is 13.8. The molecule has 0 bridgehead atoms. The highest BCUT2D eigenvalue weighted by atomic mass is 35.5. The molecule has 0 unspecified atom stereocenters. The van der Waals surface area contributed by atoms with Gasteiger partial charge in [-0.15, -0.1) is 0 Å². The van der Waals surface area contributed by atoms with Gasteiger partial charge in [-0.3, -0.25) is 19.2 Å². The van der Waals surface area contributed by atoms with Gasteiger partial charge in [0.05, 0.1) is 28.0 Å². The standard InChI is InChI=1S/C32H26Cl2N2O6/c1-18-6-8-21(9-7-18)32(41)42-23-13-10-20(11-14-23)27(37)17-35(29(38)24-15-12-22(33)16-26(24)34)36-30(39)25-5-3-4-19(2)28(25)31(36)40/h3-4,6-16,19,25,28H,5,17H2,1-2H3/t19-,25+,28+/m0/s1. The molecule has 42 heavy (non-hydrogen) atoms. The van der Waals surface area contributed by atoms with E-state index in [1.165, 1.54) is 42.5 Å². The van der Waals surface area contributed by atoms with Gasteiger partial charge in [-0.25, -0.2) is 9.80 Å². The Kier molecular flexibility index (Phi) is 8.29. The number of halogens is 2. The number of hydrazine groups is 1. The minimum Gasteiger partial charge on any atom is -0.423 e. The van der Waals surface area contributed by atoms with Crippen LogP contribution in [0, 0.1) is 24.7 Å². The van der Waals surface area contributed by atoms with Crippen molar-refractivity contribution in [2.45, 2.75) is 20.3 Å². The number of carbonyl (C=O) groups is 5. The van der Waals surface area contributed by atoms with Gasteiger partial charge in [0, 0.05) is 10.6 Å². The summed E-state index contributed by atoms with van der Waals surface area (Å²) in [5.74, 6) is -4.27. The zero-order valence-corrected chi connectivity index (χ0v) is 24.3. The van der Waals surface area contributed by atoms with Gasteiger partial charge in [-0.05, 0) is 73.9 Å². The number of nitrogens with zero attached hydrogens (tertiary/aromatic N) is 2. The van der Waals surface area contributed by atoms with E-state index in [1.807, 2.05) is 26.0 Å². The highest BCUT2D eigenvalue weighted by Crippen LogP contribution is 2.39. The van der Waals surface area contributed by atoms with Gasteiger partial charge in [0.25, 0.3) is 17.7 Å². The van der Waals surface area contributed by atoms with Crippen LogP contribution in [-0.2, 0) is 9.59 Å². The van der Waals surface area contributed by atoms with E-state index in [2.05, 4.69) is 0 Å². The van der Waals surface area contributed by atoms with Crippen molar-refractivity contribution in [3.05, 3.63) is 111 Å². The molecule has 3 aromatic rings. The normalized spacial score (nSPS) is 19.4. The summed E-state index contributed by atoms with van der Waals surface area (Å²) in [4.78, 5) is 66.7. The van der Waals surface area contributed by atoms with E-state index < -0.39 is 47.9 Å². The van der Waals surface area contributed by atoms with Crippen molar-refractivity contribution in [2.75, 3.05) is 6.54 Å². The van der Waals surface area contributed by atoms with E-state index in [9.17, 15) is 24.0 Å². The molecule has 0 saturated carbocycles. The number of hydrogen-bond donors (Lipinski definition) is 0. The summed E-state index contributed by atoms with van der Waals surface area (Å²) < 4.78 is 5.40. The second-order valence-corrected chi connectivity index (χ2v) is 11.2. The SMILES string of the molecule is Cc1ccc(C(=O)Oc2ccc(C(=O)CN(C(=O)c3ccc(Cl)cc3Cl)N3C(=O)[C@@H]4[C@@H](C)C=CC[C@H]4C3=O)cc2)cc1. The first-order valence-electron chi connectivity index (χ1n) is 13.3. The number of amides is 3. The van der Waals surface area contributed by atoms with Gasteiger partial charge in [-0.1, -0.05) is 60.0 Å². The molecule has 1 heterocycles. The molecule has 3 atom stereocenters. The van der Waals surface area contributed by atoms with E-state index in [-0.39, 0.29) is 27.8 Å². The molecule has 5 rings (SSSR count). The number of rotatable bonds is 7. The van der Waals surface area contributed by atoms with E-state index in [1.54, 1.807) is 24.3 Å². The third-order valence-corrected chi connectivity index (χ3v) is 8.00. The average Bonchev–Trinajstić information content (AvgIpc) is 3.22. The van der Waals surface area contributed by atoms with E-state index in [0.29, 0.717) is 17.0 Å². The molecule has 2 aliphatic rings. The van der Waals surface area contributed by atoms with Crippen molar-refractivity contribution in [2.24, 2.45) is 17.8 Å². The Hall–Kier alpha value is -4.27. The van der Waals surface area contributed by atoms with Gasteiger partial charge in [0.2, 0.25) is 0 Å². The Morgan fingerprint density at radius 3 is 2.24 bits per heavy atom. The molecule has 1 fully saturated rings. The van der Waals surface area contributed by atoms with Crippen molar-refractivity contribution in [3.8, 4) is 5.75 Å². The number of hydrogen-bond acceptors (Lipinski definition) is 6. The van der Waals surface area contributed by atoms with Crippen LogP contribution in [0.3, 0.4) is 0 Å². The highest BCUT2D eigenvalue weighted by molar-refractivity contribution is 6.36. The molecule has 0 aromatic heterocycles. The second kappa shape index (κ2) is 11.9. The Morgan fingerprint density at radius 1 is 0.929 bits per heavy atom. The number of ether oxygens (including phenoxy) is 1. The number of Topliss-reactive ketones (excluding diaryl/α,β-unsaturated/α-hetero) is 1. The second-order valence-electron chi connectivity index (χ2n) is 10.3. The summed E-state index contributed by atoms with van der Waals surface area (Å²) in [7, 11) is 0. The minimum atomic E-state index is -0.797. The molecule has 0 spiro atoms. The molecule has 0 N–H and O–H groups in total. The first kappa shape index (κ1) is 29.2. The predicted molar refractivity (Wildman–Crippen MR) is 156 cm³/mol. The van der Waals surface area contributed by atoms with Gasteiger partial charge in [-0.2, -0.15) is 5.01 Å². The summed E-state index contributed by atoms with van der Waals surface area (Å²) in [5, 5.41) is 1.96. The number of imide groups is 1. The Morgan fingerprint density at radius 2 is 1.60 bits per heavy atom. The molecule has 3 aromatic carbocycles. The van der Waals surface area contributed by atoms with Crippen LogP contribution in [0.25, 0.3) is 0 Å². The van der Waals surface area contributed by atoms with Crippen LogP contribution in [0.2, 0.25) is 10.0 Å². The Bertz CT molecular complexity index is 1620. The predicted octanol–water partition coefficient (Wildman–Crippen LogP) is 5.96. The topological polar surface area (TPSA) is 101 Å². The van der Waals surface area contributed by atoms with Crippen LogP contribution in [0.1, 0.15) is 50.0 Å². The van der Waals surface area contributed by atoms with Gasteiger partial charge in [0.15, 0.2) is 5.78 Å². The number of carbonyl (C=O) groups excluding carboxylic acids is 5. The summed E-state index contributed by atoms with van der Waals surface area (Å²) >= 11 is 12.3. The minimum absolute atomic E-state index is 0.0104. The zero-order chi connectivity index (χ0) is 30.1. The maximum absolute atomic E-state index is 13.8. The van der Waals surface area contributed by atoms with Gasteiger partial charge >= 0.3 is 5.97 Å². The Labute approximate surface area is 252 Å². The fourth-order valence-electron chi connectivity index (χ4n) is 5.20. The maximum Gasteiger partial charge on any atom is 0.343 e. The van der Waals surface area contributed by atoms with E-state index in [0.717, 1.165) is 15.6 Å². The molecular weight excluding hydrogens is 579 g/mol. The fraction of sp³-hybridized carbons (Fsp3) is 0.219. The lowest BCUT2D eigenvalue weighted by Crippen LogP contribution is -2.52. The monoisotopic (exact) mass is 604 g/mol. The molecule has 8 nitrogen and oxygen atoms in total. The molecule has 0 radical (unpaired) electrons. The lowest BCUT2D eigenvalue weighted by atomic mass is 9.78. The number of esters is 1. The number of allylic oxidation sites excluding steroid dienone is 2. The molecule has 214 valence electrons. The van der Waals surface area contributed by atoms with Crippen LogP contribution in [0.15, 0.2) is 78.9 Å². The first-order chi connectivity index (χ1) is 20.0. The van der Waals surface area contributed by atoms with E-state index in [4.69, 9.17) is 27.9 Å². The van der Waals surface area contributed by atoms with Crippen LogP contribution in [0.4, 0.5) is 0 Å². The van der Waals surface area contributed by atoms with Crippen molar-refractivity contribution in [1.29, 1.82) is 0 Å². The quantitative estimate of drug-likeness (QED) is 0.108. The largest absolute Gasteiger partial charge is 0.423 e. The third-order valence-electron chi connectivity index (χ3n) is 7.45. The highest BCUT2D eigenvalue weighted by Gasteiger charge is 2.53. The summed E-state index contributed by atoms with van der Waals surface area (Å²) in [5.41, 5.74) is 1.54. The number of benzene rings is 3. The van der Waals surface area contributed by atoms with Crippen LogP contribution in [-0.4, -0.2) is 46.0 Å². The molecule has 1 aliphatic heterocycles. The zero-order valence-electron chi connectivity index (χ0n) is 22.8. The number of ketones is 1. The fourth-order valence-corrected chi connectivity index (χ4v) is 5.69. The first-order valence-corrected chi connectivity index (χ1v) is 14.0. The summed E-state index contributed by atoms with van der Waals surface area (Å²) in [6, 6.07) is 16.9. The van der Waals surface area contributed by atoms with Crippen LogP contribution in [0.5, 0.6) is 5.75 Å². The molecule has 1 aliphatic carbocycles. The lowest BCUT2D eigenvalue weighted by molar-refractivity contribution is -0.154. The molecular formula is C32H26Cl2N2O6. The molecule has 3 amide bonds. The van der Waals surface area contributed by atoms with Gasteiger partial charge < -0.3 is 4.74 Å². The number of fused-ring (bicyclic) bond motifs is 1. The average molecular weight is 605 g/mol. The van der Waals surface area contributed by atoms with Gasteiger partial charge in [0.1, 0.15) is 12.3 Å². The van der Waals surface area contributed by atoms with Crippen molar-refractivity contribution in [1.82, 2.24) is 10.0 Å². The van der Waals surface area contributed by atoms with Crippen LogP contribution < -0.4 is 4.74 Å². The molecule has 1 saturated heterocycles. The van der Waals surface area contributed by atoms with Crippen molar-refractivity contribution < 1.29 is 28.7 Å². The van der Waals surface area contributed by atoms with Crippen LogP contribution >= 0.6 is 23.2 Å². The Balaban J connectivity index is 1.40. The lowest BCUT2D eigenvalue weighted by Gasteiger charge is -2.30.